The van der Waals surface area contributed by atoms with Crippen LogP contribution in [0.1, 0.15) is 23.7 Å². The molecular weight excluding hydrogens is 278 g/mol. The van der Waals surface area contributed by atoms with Gasteiger partial charge in [0.2, 0.25) is 5.89 Å². The van der Waals surface area contributed by atoms with Gasteiger partial charge in [-0.2, -0.15) is 4.98 Å². The van der Waals surface area contributed by atoms with Gasteiger partial charge < -0.3 is 9.42 Å². The van der Waals surface area contributed by atoms with Crippen molar-refractivity contribution in [3.05, 3.63) is 41.8 Å². The van der Waals surface area contributed by atoms with Gasteiger partial charge in [-0.1, -0.05) is 5.16 Å². The number of aryl methyl sites for hydroxylation is 1. The van der Waals surface area contributed by atoms with Crippen LogP contribution in [0.25, 0.3) is 0 Å². The van der Waals surface area contributed by atoms with Crippen LogP contribution in [0.5, 0.6) is 0 Å². The summed E-state index contributed by atoms with van der Waals surface area (Å²) in [7, 11) is 2.14. The molecule has 2 aromatic rings. The highest BCUT2D eigenvalue weighted by molar-refractivity contribution is 5.10. The molecule has 3 heterocycles. The second kappa shape index (κ2) is 6.98. The minimum atomic E-state index is 0.566. The number of hydrogen-bond donors (Lipinski definition) is 0. The Morgan fingerprint density at radius 3 is 2.91 bits per heavy atom. The average molecular weight is 301 g/mol. The summed E-state index contributed by atoms with van der Waals surface area (Å²) in [5.41, 5.74) is 1.36. The molecule has 1 unspecified atom stereocenters. The van der Waals surface area contributed by atoms with Crippen LogP contribution in [0.15, 0.2) is 29.0 Å². The van der Waals surface area contributed by atoms with E-state index >= 15 is 0 Å². The molecule has 0 bridgehead atoms. The molecule has 22 heavy (non-hydrogen) atoms. The highest BCUT2D eigenvalue weighted by Crippen LogP contribution is 2.16. The standard InChI is InChI=1S/C16H23N5O/c1-13-18-16(19-22-13)12-20(2)15-6-10-21(11-15)9-5-14-3-7-17-8-4-14/h3-4,7-8,15H,5-6,9-12H2,1-2H3. The molecule has 1 aliphatic heterocycles. The van der Waals surface area contributed by atoms with Gasteiger partial charge in [-0.05, 0) is 44.1 Å². The topological polar surface area (TPSA) is 58.3 Å². The van der Waals surface area contributed by atoms with Crippen molar-refractivity contribution in [2.24, 2.45) is 0 Å². The molecule has 6 heteroatoms. The highest BCUT2D eigenvalue weighted by atomic mass is 16.5. The average Bonchev–Trinajstić information content (AvgIpc) is 3.15. The van der Waals surface area contributed by atoms with Crippen molar-refractivity contribution < 1.29 is 4.52 Å². The summed E-state index contributed by atoms with van der Waals surface area (Å²) in [5, 5.41) is 3.97. The fourth-order valence-corrected chi connectivity index (χ4v) is 2.97. The largest absolute Gasteiger partial charge is 0.340 e. The summed E-state index contributed by atoms with van der Waals surface area (Å²) in [5.74, 6) is 1.41. The van der Waals surface area contributed by atoms with E-state index in [2.05, 4.69) is 44.1 Å². The Kier molecular flexibility index (Phi) is 4.80. The van der Waals surface area contributed by atoms with Crippen molar-refractivity contribution in [3.63, 3.8) is 0 Å². The zero-order chi connectivity index (χ0) is 15.4. The molecule has 6 nitrogen and oxygen atoms in total. The smallest absolute Gasteiger partial charge is 0.223 e. The first kappa shape index (κ1) is 15.1. The Hall–Kier alpha value is -1.79. The van der Waals surface area contributed by atoms with Crippen LogP contribution in [-0.4, -0.2) is 57.6 Å². The lowest BCUT2D eigenvalue weighted by atomic mass is 10.2. The molecule has 1 atom stereocenters. The summed E-state index contributed by atoms with van der Waals surface area (Å²) in [6.07, 6.45) is 6.01. The monoisotopic (exact) mass is 301 g/mol. The number of pyridine rings is 1. The number of nitrogens with zero attached hydrogens (tertiary/aromatic N) is 5. The van der Waals surface area contributed by atoms with E-state index in [4.69, 9.17) is 4.52 Å². The van der Waals surface area contributed by atoms with Gasteiger partial charge in [-0.15, -0.1) is 0 Å². The third kappa shape index (κ3) is 3.90. The molecule has 0 N–H and O–H groups in total. The van der Waals surface area contributed by atoms with Crippen LogP contribution in [0.2, 0.25) is 0 Å². The van der Waals surface area contributed by atoms with E-state index < -0.39 is 0 Å². The van der Waals surface area contributed by atoms with Gasteiger partial charge in [0.1, 0.15) is 0 Å². The maximum atomic E-state index is 5.03. The van der Waals surface area contributed by atoms with Crippen molar-refractivity contribution in [1.29, 1.82) is 0 Å². The zero-order valence-electron chi connectivity index (χ0n) is 13.3. The Morgan fingerprint density at radius 2 is 2.18 bits per heavy atom. The Morgan fingerprint density at radius 1 is 1.36 bits per heavy atom. The summed E-state index contributed by atoms with van der Waals surface area (Å²) in [6, 6.07) is 4.76. The summed E-state index contributed by atoms with van der Waals surface area (Å²) in [6.45, 7) is 5.95. The quantitative estimate of drug-likeness (QED) is 0.806. The molecule has 0 aromatic carbocycles. The Labute approximate surface area is 131 Å². The zero-order valence-corrected chi connectivity index (χ0v) is 13.3. The molecule has 0 spiro atoms. The first-order valence-corrected chi connectivity index (χ1v) is 7.81. The van der Waals surface area contributed by atoms with Crippen LogP contribution in [0, 0.1) is 6.92 Å². The van der Waals surface area contributed by atoms with Gasteiger partial charge in [0.25, 0.3) is 0 Å². The molecule has 1 fully saturated rings. The molecule has 1 saturated heterocycles. The third-order valence-electron chi connectivity index (χ3n) is 4.30. The molecule has 2 aromatic heterocycles. The van der Waals surface area contributed by atoms with E-state index in [9.17, 15) is 0 Å². The normalized spacial score (nSPS) is 19.1. The molecule has 0 saturated carbocycles. The molecular formula is C16H23N5O. The van der Waals surface area contributed by atoms with Crippen LogP contribution in [0.3, 0.4) is 0 Å². The molecule has 118 valence electrons. The van der Waals surface area contributed by atoms with Crippen molar-refractivity contribution in [2.75, 3.05) is 26.7 Å². The van der Waals surface area contributed by atoms with Crippen molar-refractivity contribution >= 4 is 0 Å². The minimum Gasteiger partial charge on any atom is -0.340 e. The number of likely N-dealkylation sites (tertiary alicyclic amines) is 1. The fourth-order valence-electron chi connectivity index (χ4n) is 2.97. The predicted octanol–water partition coefficient (Wildman–Crippen LogP) is 1.52. The van der Waals surface area contributed by atoms with E-state index in [0.717, 1.165) is 38.4 Å². The van der Waals surface area contributed by atoms with Crippen LogP contribution in [-0.2, 0) is 13.0 Å². The van der Waals surface area contributed by atoms with E-state index in [1.807, 2.05) is 19.3 Å². The maximum Gasteiger partial charge on any atom is 0.223 e. The number of aromatic nitrogens is 3. The summed E-state index contributed by atoms with van der Waals surface area (Å²) < 4.78 is 5.03. The van der Waals surface area contributed by atoms with Gasteiger partial charge in [0.15, 0.2) is 5.82 Å². The molecule has 3 rings (SSSR count). The van der Waals surface area contributed by atoms with E-state index in [-0.39, 0.29) is 0 Å². The van der Waals surface area contributed by atoms with Crippen molar-refractivity contribution in [2.45, 2.75) is 32.4 Å². The number of hydrogen-bond acceptors (Lipinski definition) is 6. The van der Waals surface area contributed by atoms with E-state index in [1.54, 1.807) is 0 Å². The lowest BCUT2D eigenvalue weighted by molar-refractivity contribution is 0.218. The van der Waals surface area contributed by atoms with Crippen LogP contribution in [0.4, 0.5) is 0 Å². The second-order valence-electron chi connectivity index (χ2n) is 5.99. The molecule has 0 aliphatic carbocycles. The van der Waals surface area contributed by atoms with Crippen LogP contribution >= 0.6 is 0 Å². The summed E-state index contributed by atoms with van der Waals surface area (Å²) in [4.78, 5) is 13.2. The number of likely N-dealkylation sites (N-methyl/N-ethyl adjacent to an activating group) is 1. The fraction of sp³-hybridized carbons (Fsp3) is 0.562. The van der Waals surface area contributed by atoms with Gasteiger partial charge in [-0.25, -0.2) is 0 Å². The highest BCUT2D eigenvalue weighted by Gasteiger charge is 2.26. The number of rotatable bonds is 6. The molecule has 0 amide bonds. The SMILES string of the molecule is Cc1nc(CN(C)C2CCN(CCc3ccncc3)C2)no1. The van der Waals surface area contributed by atoms with E-state index in [0.29, 0.717) is 11.9 Å². The lowest BCUT2D eigenvalue weighted by Crippen LogP contribution is -2.34. The van der Waals surface area contributed by atoms with Crippen molar-refractivity contribution in [1.82, 2.24) is 24.9 Å². The second-order valence-corrected chi connectivity index (χ2v) is 5.99. The van der Waals surface area contributed by atoms with Crippen LogP contribution < -0.4 is 0 Å². The molecule has 1 aliphatic rings. The lowest BCUT2D eigenvalue weighted by Gasteiger charge is -2.23. The van der Waals surface area contributed by atoms with Gasteiger partial charge in [0.05, 0.1) is 6.54 Å². The first-order valence-electron chi connectivity index (χ1n) is 7.81. The van der Waals surface area contributed by atoms with Gasteiger partial charge >= 0.3 is 0 Å². The first-order chi connectivity index (χ1) is 10.7. The molecule has 0 radical (unpaired) electrons. The van der Waals surface area contributed by atoms with Gasteiger partial charge in [0, 0.05) is 38.4 Å². The van der Waals surface area contributed by atoms with E-state index in [1.165, 1.54) is 12.0 Å². The Bertz CT molecular complexity index is 585. The van der Waals surface area contributed by atoms with Crippen molar-refractivity contribution in [3.8, 4) is 0 Å². The Balaban J connectivity index is 1.45. The predicted molar refractivity (Wildman–Crippen MR) is 83.3 cm³/mol. The summed E-state index contributed by atoms with van der Waals surface area (Å²) >= 11 is 0. The van der Waals surface area contributed by atoms with Gasteiger partial charge in [-0.3, -0.25) is 9.88 Å². The minimum absolute atomic E-state index is 0.566. The maximum absolute atomic E-state index is 5.03. The third-order valence-corrected chi connectivity index (χ3v) is 4.30.